The van der Waals surface area contributed by atoms with Gasteiger partial charge in [-0.15, -0.1) is 0 Å². The Hall–Kier alpha value is -1.67. The number of aromatic nitrogens is 1. The Labute approximate surface area is 124 Å². The van der Waals surface area contributed by atoms with Crippen LogP contribution in [0.15, 0.2) is 24.4 Å². The molecule has 2 rings (SSSR count). The van der Waals surface area contributed by atoms with Crippen molar-refractivity contribution in [2.24, 2.45) is 0 Å². The molecule has 0 radical (unpaired) electrons. The van der Waals surface area contributed by atoms with Gasteiger partial charge < -0.3 is 10.0 Å². The minimum atomic E-state index is -3.52. The summed E-state index contributed by atoms with van der Waals surface area (Å²) in [6.07, 6.45) is 2.73. The van der Waals surface area contributed by atoms with E-state index in [0.29, 0.717) is 12.8 Å². The SMILES string of the molecule is O=C(O)CCS(=O)(=O)NC1CCN(c2ccccn2)CC1. The monoisotopic (exact) mass is 313 g/mol. The second-order valence-electron chi connectivity index (χ2n) is 5.03. The molecule has 2 heterocycles. The second kappa shape index (κ2) is 6.86. The third-order valence-electron chi connectivity index (χ3n) is 3.40. The fourth-order valence-electron chi connectivity index (χ4n) is 2.30. The lowest BCUT2D eigenvalue weighted by Gasteiger charge is -2.32. The highest BCUT2D eigenvalue weighted by Gasteiger charge is 2.24. The van der Waals surface area contributed by atoms with Gasteiger partial charge in [0, 0.05) is 25.3 Å². The van der Waals surface area contributed by atoms with E-state index in [2.05, 4.69) is 14.6 Å². The van der Waals surface area contributed by atoms with Gasteiger partial charge in [0.2, 0.25) is 10.0 Å². The highest BCUT2D eigenvalue weighted by molar-refractivity contribution is 7.89. The molecule has 8 heteroatoms. The number of sulfonamides is 1. The Bertz CT molecular complexity index is 568. The van der Waals surface area contributed by atoms with Crippen LogP contribution in [0.5, 0.6) is 0 Å². The van der Waals surface area contributed by atoms with Crippen molar-refractivity contribution in [3.8, 4) is 0 Å². The highest BCUT2D eigenvalue weighted by atomic mass is 32.2. The molecule has 7 nitrogen and oxygen atoms in total. The van der Waals surface area contributed by atoms with E-state index in [4.69, 9.17) is 5.11 Å². The maximum atomic E-state index is 11.8. The topological polar surface area (TPSA) is 99.6 Å². The number of pyridine rings is 1. The van der Waals surface area contributed by atoms with E-state index < -0.39 is 16.0 Å². The second-order valence-corrected chi connectivity index (χ2v) is 6.90. The Kier molecular flexibility index (Phi) is 5.13. The largest absolute Gasteiger partial charge is 0.481 e. The van der Waals surface area contributed by atoms with E-state index >= 15 is 0 Å². The molecule has 0 unspecified atom stereocenters. The number of carboxylic acid groups (broad SMARTS) is 1. The summed E-state index contributed by atoms with van der Waals surface area (Å²) in [6.45, 7) is 1.45. The molecule has 0 amide bonds. The number of anilines is 1. The number of nitrogens with zero attached hydrogens (tertiary/aromatic N) is 2. The number of hydrogen-bond acceptors (Lipinski definition) is 5. The average Bonchev–Trinajstić information content (AvgIpc) is 2.47. The summed E-state index contributed by atoms with van der Waals surface area (Å²) in [7, 11) is -3.52. The summed E-state index contributed by atoms with van der Waals surface area (Å²) in [5.74, 6) is -0.585. The zero-order valence-electron chi connectivity index (χ0n) is 11.6. The predicted molar refractivity (Wildman–Crippen MR) is 78.6 cm³/mol. The lowest BCUT2D eigenvalue weighted by atomic mass is 10.1. The first-order valence-electron chi connectivity index (χ1n) is 6.84. The molecule has 0 aliphatic carbocycles. The molecule has 2 N–H and O–H groups in total. The number of carbonyl (C=O) groups is 1. The molecule has 0 spiro atoms. The summed E-state index contributed by atoms with van der Waals surface area (Å²) < 4.78 is 26.1. The van der Waals surface area contributed by atoms with Crippen LogP contribution >= 0.6 is 0 Å². The van der Waals surface area contributed by atoms with Gasteiger partial charge >= 0.3 is 5.97 Å². The summed E-state index contributed by atoms with van der Waals surface area (Å²) in [6, 6.07) is 5.57. The zero-order valence-corrected chi connectivity index (χ0v) is 12.4. The molecule has 1 aromatic rings. The van der Waals surface area contributed by atoms with Gasteiger partial charge in [0.25, 0.3) is 0 Å². The van der Waals surface area contributed by atoms with Crippen LogP contribution in [0.2, 0.25) is 0 Å². The number of aliphatic carboxylic acids is 1. The molecule has 1 aromatic heterocycles. The first-order chi connectivity index (χ1) is 9.96. The average molecular weight is 313 g/mol. The summed E-state index contributed by atoms with van der Waals surface area (Å²) >= 11 is 0. The van der Waals surface area contributed by atoms with Crippen LogP contribution in [0.1, 0.15) is 19.3 Å². The predicted octanol–water partition coefficient (Wildman–Crippen LogP) is 0.444. The molecule has 0 aromatic carbocycles. The Morgan fingerprint density at radius 3 is 2.67 bits per heavy atom. The van der Waals surface area contributed by atoms with Crippen molar-refractivity contribution in [1.29, 1.82) is 0 Å². The van der Waals surface area contributed by atoms with E-state index in [0.717, 1.165) is 18.9 Å². The van der Waals surface area contributed by atoms with Crippen LogP contribution < -0.4 is 9.62 Å². The van der Waals surface area contributed by atoms with Crippen LogP contribution in [-0.2, 0) is 14.8 Å². The molecule has 0 bridgehead atoms. The standard InChI is InChI=1S/C13H19N3O4S/c17-13(18)6-10-21(19,20)15-11-4-8-16(9-5-11)12-3-1-2-7-14-12/h1-3,7,11,15H,4-6,8-10H2,(H,17,18). The third-order valence-corrected chi connectivity index (χ3v) is 4.83. The van der Waals surface area contributed by atoms with E-state index in [1.54, 1.807) is 6.20 Å². The van der Waals surface area contributed by atoms with Crippen molar-refractivity contribution in [1.82, 2.24) is 9.71 Å². The normalized spacial score (nSPS) is 16.9. The smallest absolute Gasteiger partial charge is 0.304 e. The molecule has 21 heavy (non-hydrogen) atoms. The quantitative estimate of drug-likeness (QED) is 0.791. The summed E-state index contributed by atoms with van der Waals surface area (Å²) in [5, 5.41) is 8.54. The van der Waals surface area contributed by atoms with Crippen molar-refractivity contribution in [3.05, 3.63) is 24.4 Å². The van der Waals surface area contributed by atoms with Crippen LogP contribution in [0.4, 0.5) is 5.82 Å². The molecule has 1 saturated heterocycles. The van der Waals surface area contributed by atoms with Crippen LogP contribution in [0, 0.1) is 0 Å². The maximum Gasteiger partial charge on any atom is 0.304 e. The van der Waals surface area contributed by atoms with Gasteiger partial charge in [-0.2, -0.15) is 0 Å². The molecule has 0 saturated carbocycles. The van der Waals surface area contributed by atoms with Gasteiger partial charge in [0.15, 0.2) is 0 Å². The molecular formula is C13H19N3O4S. The van der Waals surface area contributed by atoms with Crippen molar-refractivity contribution in [3.63, 3.8) is 0 Å². The maximum absolute atomic E-state index is 11.8. The van der Waals surface area contributed by atoms with Gasteiger partial charge in [-0.1, -0.05) is 6.07 Å². The molecule has 0 atom stereocenters. The summed E-state index contributed by atoms with van der Waals surface area (Å²) in [4.78, 5) is 16.8. The Morgan fingerprint density at radius 1 is 1.38 bits per heavy atom. The Morgan fingerprint density at radius 2 is 2.10 bits per heavy atom. The lowest BCUT2D eigenvalue weighted by Crippen LogP contribution is -2.45. The first kappa shape index (κ1) is 15.7. The third kappa shape index (κ3) is 4.98. The number of carboxylic acids is 1. The molecular weight excluding hydrogens is 294 g/mol. The van der Waals surface area contributed by atoms with E-state index in [-0.39, 0.29) is 18.2 Å². The molecule has 1 fully saturated rings. The van der Waals surface area contributed by atoms with Crippen LogP contribution in [-0.4, -0.2) is 49.4 Å². The number of piperidine rings is 1. The lowest BCUT2D eigenvalue weighted by molar-refractivity contribution is -0.136. The number of hydrogen-bond donors (Lipinski definition) is 2. The van der Waals surface area contributed by atoms with E-state index in [9.17, 15) is 13.2 Å². The van der Waals surface area contributed by atoms with Gasteiger partial charge in [0.1, 0.15) is 5.82 Å². The number of nitrogens with one attached hydrogen (secondary N) is 1. The van der Waals surface area contributed by atoms with Crippen LogP contribution in [0.3, 0.4) is 0 Å². The Balaban J connectivity index is 1.83. The minimum Gasteiger partial charge on any atom is -0.481 e. The summed E-state index contributed by atoms with van der Waals surface area (Å²) in [5.41, 5.74) is 0. The van der Waals surface area contributed by atoms with Crippen molar-refractivity contribution >= 4 is 21.8 Å². The molecule has 1 aliphatic rings. The fourth-order valence-corrected chi connectivity index (χ4v) is 3.61. The molecule has 1 aliphatic heterocycles. The number of rotatable bonds is 6. The van der Waals surface area contributed by atoms with Gasteiger partial charge in [0.05, 0.1) is 12.2 Å². The zero-order chi connectivity index (χ0) is 15.3. The van der Waals surface area contributed by atoms with Gasteiger partial charge in [-0.3, -0.25) is 4.79 Å². The van der Waals surface area contributed by atoms with Gasteiger partial charge in [-0.25, -0.2) is 18.1 Å². The first-order valence-corrected chi connectivity index (χ1v) is 8.49. The fraction of sp³-hybridized carbons (Fsp3) is 0.538. The minimum absolute atomic E-state index is 0.135. The van der Waals surface area contributed by atoms with E-state index in [1.165, 1.54) is 0 Å². The van der Waals surface area contributed by atoms with Crippen LogP contribution in [0.25, 0.3) is 0 Å². The van der Waals surface area contributed by atoms with Crippen molar-refractivity contribution < 1.29 is 18.3 Å². The van der Waals surface area contributed by atoms with Crippen molar-refractivity contribution in [2.45, 2.75) is 25.3 Å². The van der Waals surface area contributed by atoms with Gasteiger partial charge in [-0.05, 0) is 25.0 Å². The molecule has 116 valence electrons. The highest BCUT2D eigenvalue weighted by Crippen LogP contribution is 2.17. The van der Waals surface area contributed by atoms with Crippen molar-refractivity contribution in [2.75, 3.05) is 23.7 Å². The van der Waals surface area contributed by atoms with E-state index in [1.807, 2.05) is 18.2 Å².